The third kappa shape index (κ3) is 9.39. The molecule has 304 valence electrons. The number of hydrogen-bond donors (Lipinski definition) is 4. The van der Waals surface area contributed by atoms with Gasteiger partial charge in [0, 0.05) is 78.9 Å². The number of nitrogens with zero attached hydrogens (tertiary/aromatic N) is 5. The summed E-state index contributed by atoms with van der Waals surface area (Å²) in [5.74, 6) is -0.240. The normalized spacial score (nSPS) is 22.3. The van der Waals surface area contributed by atoms with Gasteiger partial charge in [-0.05, 0) is 113 Å². The molecule has 3 aliphatic heterocycles. The van der Waals surface area contributed by atoms with Crippen molar-refractivity contribution in [2.45, 2.75) is 82.3 Å². The lowest BCUT2D eigenvalue weighted by Gasteiger charge is -2.42. The molecule has 2 aromatic carbocycles. The maximum absolute atomic E-state index is 15.0. The molecule has 4 aromatic rings. The van der Waals surface area contributed by atoms with E-state index in [0.29, 0.717) is 55.0 Å². The first kappa shape index (κ1) is 39.2. The number of pyridine rings is 1. The predicted octanol–water partition coefficient (Wildman–Crippen LogP) is 5.12. The average molecular weight is 790 g/mol. The van der Waals surface area contributed by atoms with Crippen molar-refractivity contribution in [3.05, 3.63) is 95.3 Å². The fourth-order valence-corrected chi connectivity index (χ4v) is 9.03. The molecule has 3 unspecified atom stereocenters. The minimum Gasteiger partial charge on any atom is -0.374 e. The van der Waals surface area contributed by atoms with Crippen LogP contribution in [0.15, 0.2) is 83.9 Å². The molecule has 1 saturated carbocycles. The number of imide groups is 1. The fourth-order valence-electron chi connectivity index (χ4n) is 9.03. The monoisotopic (exact) mass is 789 g/mol. The minimum absolute atomic E-state index is 0.00643. The maximum atomic E-state index is 15.0. The van der Waals surface area contributed by atoms with Gasteiger partial charge in [0.2, 0.25) is 23.7 Å². The molecule has 0 spiro atoms. The van der Waals surface area contributed by atoms with Gasteiger partial charge < -0.3 is 25.8 Å². The number of nitrogens with one attached hydrogen (secondary N) is 4. The Hall–Kier alpha value is -5.63. The Kier molecular flexibility index (Phi) is 12.1. The Morgan fingerprint density at radius 1 is 0.845 bits per heavy atom. The summed E-state index contributed by atoms with van der Waals surface area (Å²) in [6.45, 7) is 4.80. The number of carbonyl (C=O) groups excluding carboxylic acids is 3. The first-order chi connectivity index (χ1) is 28.3. The van der Waals surface area contributed by atoms with Gasteiger partial charge in [-0.25, -0.2) is 14.4 Å². The van der Waals surface area contributed by atoms with Crippen LogP contribution in [0.1, 0.15) is 64.2 Å². The number of hydrogen-bond acceptors (Lipinski definition) is 10. The predicted molar refractivity (Wildman–Crippen MR) is 221 cm³/mol. The van der Waals surface area contributed by atoms with Crippen molar-refractivity contribution < 1.29 is 18.8 Å². The molecule has 13 nitrogen and oxygen atoms in total. The molecule has 58 heavy (non-hydrogen) atoms. The van der Waals surface area contributed by atoms with Gasteiger partial charge >= 0.3 is 0 Å². The number of anilines is 3. The van der Waals surface area contributed by atoms with E-state index in [9.17, 15) is 19.2 Å². The maximum Gasteiger partial charge on any atom is 0.255 e. The molecule has 2 aromatic heterocycles. The molecule has 4 N–H and O–H groups in total. The molecule has 8 rings (SSSR count). The van der Waals surface area contributed by atoms with E-state index in [-0.39, 0.29) is 47.0 Å². The molecule has 0 radical (unpaired) electrons. The Morgan fingerprint density at radius 3 is 2.43 bits per heavy atom. The standard InChI is InChI=1S/C44H52FN9O4/c45-37-28-47-44(51-41(37)30-5-4-8-36(26-30)54-20-2-1-9-40(54)56)49-33-7-3-6-31(25-33)42(57)46-27-29-16-21-52(22-17-29)35-18-23-53(24-19-35)34-12-10-32(11-13-34)48-38-14-15-39(55)50-43(38)58/h1-2,4-5,8-13,20,26,28-29,31,33,35,38,48H,3,6-7,14-19,21-25,27H2,(H,46,57)(H,47,49,51)(H,50,55,58). The highest BCUT2D eigenvalue weighted by molar-refractivity contribution is 6.01. The highest BCUT2D eigenvalue weighted by Crippen LogP contribution is 2.30. The lowest BCUT2D eigenvalue weighted by Crippen LogP contribution is -2.49. The number of piperidine rings is 3. The van der Waals surface area contributed by atoms with Gasteiger partial charge in [-0.1, -0.05) is 24.6 Å². The zero-order chi connectivity index (χ0) is 40.0. The number of benzene rings is 2. The summed E-state index contributed by atoms with van der Waals surface area (Å²) in [4.78, 5) is 63.2. The van der Waals surface area contributed by atoms with E-state index in [1.807, 2.05) is 12.1 Å². The SMILES string of the molecule is O=C1CCC(Nc2ccc(N3CCC(N4CCC(CNC(=O)C5CCCC(Nc6ncc(F)c(-c7cccc(-n8ccccc8=O)c7)n6)C5)CC4)CC3)cc2)C(=O)N1. The van der Waals surface area contributed by atoms with Gasteiger partial charge in [-0.3, -0.25) is 29.1 Å². The average Bonchev–Trinajstić information content (AvgIpc) is 3.25. The van der Waals surface area contributed by atoms with E-state index in [4.69, 9.17) is 0 Å². The van der Waals surface area contributed by atoms with Crippen molar-refractivity contribution in [2.24, 2.45) is 11.8 Å². The number of amides is 3. The Labute approximate surface area is 337 Å². The van der Waals surface area contributed by atoms with Crippen LogP contribution in [0, 0.1) is 17.7 Å². The largest absolute Gasteiger partial charge is 0.374 e. The van der Waals surface area contributed by atoms with E-state index in [2.05, 4.69) is 53.2 Å². The number of likely N-dealkylation sites (tertiary alicyclic amines) is 1. The molecule has 3 saturated heterocycles. The van der Waals surface area contributed by atoms with Gasteiger partial charge in [-0.15, -0.1) is 0 Å². The third-order valence-electron chi connectivity index (χ3n) is 12.4. The van der Waals surface area contributed by atoms with Crippen LogP contribution in [0.2, 0.25) is 0 Å². The zero-order valence-corrected chi connectivity index (χ0v) is 32.7. The van der Waals surface area contributed by atoms with E-state index in [1.165, 1.54) is 22.5 Å². The third-order valence-corrected chi connectivity index (χ3v) is 12.4. The molecule has 5 heterocycles. The van der Waals surface area contributed by atoms with Gasteiger partial charge in [-0.2, -0.15) is 0 Å². The van der Waals surface area contributed by atoms with Crippen LogP contribution < -0.4 is 31.7 Å². The lowest BCUT2D eigenvalue weighted by atomic mass is 9.85. The Bertz CT molecular complexity index is 2150. The van der Waals surface area contributed by atoms with Crippen molar-refractivity contribution in [3.8, 4) is 16.9 Å². The van der Waals surface area contributed by atoms with Crippen LogP contribution >= 0.6 is 0 Å². The first-order valence-electron chi connectivity index (χ1n) is 20.8. The molecular formula is C44H52FN9O4. The summed E-state index contributed by atoms with van der Waals surface area (Å²) in [6, 6.07) is 20.4. The fraction of sp³-hybridized carbons (Fsp3) is 0.455. The van der Waals surface area contributed by atoms with E-state index in [1.54, 1.807) is 42.6 Å². The molecule has 3 amide bonds. The smallest absolute Gasteiger partial charge is 0.255 e. The number of halogens is 1. The molecule has 14 heteroatoms. The topological polar surface area (TPSA) is 154 Å². The Morgan fingerprint density at radius 2 is 1.66 bits per heavy atom. The van der Waals surface area contributed by atoms with E-state index >= 15 is 4.39 Å². The van der Waals surface area contributed by atoms with Gasteiger partial charge in [0.05, 0.1) is 6.20 Å². The summed E-state index contributed by atoms with van der Waals surface area (Å²) in [5.41, 5.74) is 3.18. The molecule has 1 aliphatic carbocycles. The summed E-state index contributed by atoms with van der Waals surface area (Å²) >= 11 is 0. The quantitative estimate of drug-likeness (QED) is 0.151. The minimum atomic E-state index is -0.553. The van der Waals surface area contributed by atoms with Crippen LogP contribution in [0.5, 0.6) is 0 Å². The first-order valence-corrected chi connectivity index (χ1v) is 20.8. The van der Waals surface area contributed by atoms with Crippen LogP contribution in [0.4, 0.5) is 21.7 Å². The molecule has 4 aliphatic rings. The van der Waals surface area contributed by atoms with Crippen molar-refractivity contribution in [1.29, 1.82) is 0 Å². The highest BCUT2D eigenvalue weighted by atomic mass is 19.1. The summed E-state index contributed by atoms with van der Waals surface area (Å²) in [6.07, 6.45) is 11.4. The molecule has 4 fully saturated rings. The lowest BCUT2D eigenvalue weighted by molar-refractivity contribution is -0.133. The van der Waals surface area contributed by atoms with Gasteiger partial charge in [0.25, 0.3) is 5.56 Å². The van der Waals surface area contributed by atoms with Crippen molar-refractivity contribution in [2.75, 3.05) is 48.3 Å². The van der Waals surface area contributed by atoms with Crippen LogP contribution in [-0.4, -0.2) is 88.0 Å². The van der Waals surface area contributed by atoms with E-state index in [0.717, 1.165) is 76.8 Å². The van der Waals surface area contributed by atoms with Crippen LogP contribution in [-0.2, 0) is 14.4 Å². The summed E-state index contributed by atoms with van der Waals surface area (Å²) in [5, 5.41) is 12.3. The molecule has 0 bridgehead atoms. The van der Waals surface area contributed by atoms with Crippen molar-refractivity contribution in [1.82, 2.24) is 30.1 Å². The zero-order valence-electron chi connectivity index (χ0n) is 32.7. The second kappa shape index (κ2) is 17.9. The number of carbonyl (C=O) groups is 3. The molecule has 3 atom stereocenters. The number of aromatic nitrogens is 3. The highest BCUT2D eigenvalue weighted by Gasteiger charge is 2.31. The van der Waals surface area contributed by atoms with Crippen LogP contribution in [0.3, 0.4) is 0 Å². The van der Waals surface area contributed by atoms with Crippen LogP contribution in [0.25, 0.3) is 16.9 Å². The Balaban J connectivity index is 0.761. The van der Waals surface area contributed by atoms with Crippen molar-refractivity contribution in [3.63, 3.8) is 0 Å². The van der Waals surface area contributed by atoms with Crippen molar-refractivity contribution >= 4 is 35.0 Å². The van der Waals surface area contributed by atoms with Gasteiger partial charge in [0.1, 0.15) is 11.7 Å². The molecular weight excluding hydrogens is 738 g/mol. The second-order valence-corrected chi connectivity index (χ2v) is 16.2. The summed E-state index contributed by atoms with van der Waals surface area (Å²) < 4.78 is 16.5. The second-order valence-electron chi connectivity index (χ2n) is 16.2. The van der Waals surface area contributed by atoms with E-state index < -0.39 is 5.82 Å². The number of rotatable bonds is 11. The summed E-state index contributed by atoms with van der Waals surface area (Å²) in [7, 11) is 0. The van der Waals surface area contributed by atoms with Gasteiger partial charge in [0.15, 0.2) is 5.82 Å².